The number of rotatable bonds is 4. The Hall–Kier alpha value is 0. The number of fused-ring (bicyclic) bond motifs is 5. The van der Waals surface area contributed by atoms with Gasteiger partial charge in [-0.1, -0.05) is 94.4 Å². The van der Waals surface area contributed by atoms with Gasteiger partial charge in [-0.2, -0.15) is 0 Å². The Balaban J connectivity index is 0.000000265. The molecule has 4 aliphatic rings. The summed E-state index contributed by atoms with van der Waals surface area (Å²) in [5.41, 5.74) is 1.46. The summed E-state index contributed by atoms with van der Waals surface area (Å²) in [7, 11) is 0. The molecule has 6 unspecified atom stereocenters. The Morgan fingerprint density at radius 2 is 1.39 bits per heavy atom. The molecule has 4 saturated carbocycles. The first-order chi connectivity index (χ1) is 14.7. The van der Waals surface area contributed by atoms with Crippen LogP contribution in [0.2, 0.25) is 0 Å². The Morgan fingerprint density at radius 1 is 0.742 bits per heavy atom. The van der Waals surface area contributed by atoms with Crippen LogP contribution >= 0.6 is 0 Å². The Bertz CT molecular complexity index is 496. The van der Waals surface area contributed by atoms with Crippen molar-refractivity contribution in [3.05, 3.63) is 0 Å². The molecule has 0 heterocycles. The summed E-state index contributed by atoms with van der Waals surface area (Å²) in [4.78, 5) is 0. The molecule has 0 radical (unpaired) electrons. The predicted molar refractivity (Wildman–Crippen MR) is 140 cm³/mol. The van der Waals surface area contributed by atoms with Crippen LogP contribution < -0.4 is 0 Å². The molecule has 0 aliphatic heterocycles. The van der Waals surface area contributed by atoms with Gasteiger partial charge in [-0.05, 0) is 104 Å². The molecule has 4 rings (SSSR count). The van der Waals surface area contributed by atoms with Crippen molar-refractivity contribution >= 4 is 0 Å². The van der Waals surface area contributed by atoms with Crippen molar-refractivity contribution < 1.29 is 0 Å². The highest BCUT2D eigenvalue weighted by atomic mass is 14.6. The molecule has 0 heteroatoms. The van der Waals surface area contributed by atoms with Gasteiger partial charge in [-0.3, -0.25) is 0 Å². The molecule has 0 aromatic rings. The minimum atomic E-state index is 0.722. The van der Waals surface area contributed by atoms with E-state index in [-0.39, 0.29) is 0 Å². The Labute approximate surface area is 198 Å². The topological polar surface area (TPSA) is 0 Å². The van der Waals surface area contributed by atoms with Gasteiger partial charge in [-0.25, -0.2) is 0 Å². The normalized spacial score (nSPS) is 41.3. The van der Waals surface area contributed by atoms with E-state index in [1.807, 2.05) is 13.8 Å². The first-order valence-electron chi connectivity index (χ1n) is 14.7. The summed E-state index contributed by atoms with van der Waals surface area (Å²) < 4.78 is 0. The van der Waals surface area contributed by atoms with Gasteiger partial charge in [0.25, 0.3) is 0 Å². The van der Waals surface area contributed by atoms with Gasteiger partial charge in [0.2, 0.25) is 0 Å². The molecule has 31 heavy (non-hydrogen) atoms. The van der Waals surface area contributed by atoms with E-state index in [0.29, 0.717) is 0 Å². The van der Waals surface area contributed by atoms with Gasteiger partial charge in [0.15, 0.2) is 0 Å². The third-order valence-corrected chi connectivity index (χ3v) is 10.3. The van der Waals surface area contributed by atoms with Gasteiger partial charge >= 0.3 is 0 Å². The van der Waals surface area contributed by atoms with E-state index >= 15 is 0 Å². The Morgan fingerprint density at radius 3 is 2.00 bits per heavy atom. The minimum Gasteiger partial charge on any atom is -0.0683 e. The largest absolute Gasteiger partial charge is 0.0683 e. The second-order valence-corrected chi connectivity index (χ2v) is 13.3. The molecular formula is C31H60. The first-order valence-corrected chi connectivity index (χ1v) is 14.7. The monoisotopic (exact) mass is 432 g/mol. The summed E-state index contributed by atoms with van der Waals surface area (Å²) in [6.45, 7) is 21.0. The van der Waals surface area contributed by atoms with Crippen molar-refractivity contribution in [2.24, 2.45) is 52.3 Å². The first kappa shape index (κ1) is 27.2. The lowest BCUT2D eigenvalue weighted by Crippen LogP contribution is -2.52. The van der Waals surface area contributed by atoms with Crippen molar-refractivity contribution in [2.75, 3.05) is 0 Å². The molecule has 0 nitrogen and oxygen atoms in total. The average Bonchev–Trinajstić information content (AvgIpc) is 3.12. The third kappa shape index (κ3) is 6.53. The predicted octanol–water partition coefficient (Wildman–Crippen LogP) is 10.6. The number of hydrogen-bond acceptors (Lipinski definition) is 0. The third-order valence-electron chi connectivity index (χ3n) is 10.3. The summed E-state index contributed by atoms with van der Waals surface area (Å²) in [5, 5.41) is 0. The van der Waals surface area contributed by atoms with E-state index in [1.165, 1.54) is 38.5 Å². The highest BCUT2D eigenvalue weighted by Crippen LogP contribution is 2.66. The molecule has 0 spiro atoms. The second-order valence-electron chi connectivity index (χ2n) is 13.3. The maximum Gasteiger partial charge on any atom is -0.0266 e. The summed E-state index contributed by atoms with van der Waals surface area (Å²) in [5.74, 6) is 7.14. The van der Waals surface area contributed by atoms with Gasteiger partial charge in [0, 0.05) is 0 Å². The number of hydrogen-bond donors (Lipinski definition) is 0. The molecule has 7 atom stereocenters. The van der Waals surface area contributed by atoms with Crippen LogP contribution in [-0.2, 0) is 0 Å². The highest BCUT2D eigenvalue weighted by Gasteiger charge is 2.57. The summed E-state index contributed by atoms with van der Waals surface area (Å²) >= 11 is 0. The molecule has 0 amide bonds. The zero-order valence-electron chi connectivity index (χ0n) is 23.2. The lowest BCUT2D eigenvalue weighted by molar-refractivity contribution is -0.110. The maximum absolute atomic E-state index is 2.71. The average molecular weight is 433 g/mol. The van der Waals surface area contributed by atoms with E-state index in [4.69, 9.17) is 0 Å². The second kappa shape index (κ2) is 11.9. The fourth-order valence-corrected chi connectivity index (χ4v) is 8.40. The molecule has 4 fully saturated rings. The van der Waals surface area contributed by atoms with E-state index in [9.17, 15) is 0 Å². The van der Waals surface area contributed by atoms with Crippen molar-refractivity contribution in [2.45, 2.75) is 146 Å². The zero-order chi connectivity index (χ0) is 23.2. The lowest BCUT2D eigenvalue weighted by Gasteiger charge is -2.60. The highest BCUT2D eigenvalue weighted by molar-refractivity contribution is 5.07. The van der Waals surface area contributed by atoms with E-state index in [1.54, 1.807) is 44.9 Å². The molecule has 0 bridgehead atoms. The quantitative estimate of drug-likeness (QED) is 0.414. The molecule has 4 aliphatic carbocycles. The summed E-state index contributed by atoms with van der Waals surface area (Å²) in [6.07, 6.45) is 19.7. The fraction of sp³-hybridized carbons (Fsp3) is 1.00. The smallest absolute Gasteiger partial charge is 0.0266 e. The van der Waals surface area contributed by atoms with E-state index in [2.05, 4.69) is 48.5 Å². The fourth-order valence-electron chi connectivity index (χ4n) is 8.40. The van der Waals surface area contributed by atoms with Crippen molar-refractivity contribution in [1.29, 1.82) is 0 Å². The standard InChI is InChI=1S/C20H34.C9H20.C2H6/c1-14-8-12-20(3)15(13-14)6-7-16-17-5-4-10-19(17,2)11-9-18(16)20;1-8(2)6-5-7-9(3)4;1-2/h14-18H,4-13H2,1-3H3;8-9H,5-7H2,1-4H3;1-2H3/t14-,15?,16?,17?,18?,19?,20?;;/m1../s1. The van der Waals surface area contributed by atoms with Crippen molar-refractivity contribution in [3.8, 4) is 0 Å². The molecule has 0 aromatic heterocycles. The van der Waals surface area contributed by atoms with Crippen LogP contribution in [0.1, 0.15) is 146 Å². The van der Waals surface area contributed by atoms with E-state index < -0.39 is 0 Å². The van der Waals surface area contributed by atoms with Gasteiger partial charge in [0.05, 0.1) is 0 Å². The molecular weight excluding hydrogens is 372 g/mol. The molecule has 0 aromatic carbocycles. The van der Waals surface area contributed by atoms with Gasteiger partial charge < -0.3 is 0 Å². The Kier molecular flexibility index (Phi) is 10.5. The van der Waals surface area contributed by atoms with Crippen LogP contribution in [0.15, 0.2) is 0 Å². The van der Waals surface area contributed by atoms with E-state index in [0.717, 1.165) is 52.3 Å². The molecule has 0 N–H and O–H groups in total. The van der Waals surface area contributed by atoms with Crippen molar-refractivity contribution in [1.82, 2.24) is 0 Å². The van der Waals surface area contributed by atoms with Gasteiger partial charge in [-0.15, -0.1) is 0 Å². The van der Waals surface area contributed by atoms with Crippen LogP contribution in [0.25, 0.3) is 0 Å². The van der Waals surface area contributed by atoms with Crippen LogP contribution in [0, 0.1) is 52.3 Å². The van der Waals surface area contributed by atoms with Crippen LogP contribution in [0.5, 0.6) is 0 Å². The zero-order valence-corrected chi connectivity index (χ0v) is 23.2. The molecule has 0 saturated heterocycles. The SMILES string of the molecule is CC.CC(C)CCCC(C)C.C[C@@H]1CCC2(C)C(CCC3C4CCCC4(C)CCC32)C1. The maximum atomic E-state index is 2.71. The van der Waals surface area contributed by atoms with Crippen LogP contribution in [0.4, 0.5) is 0 Å². The van der Waals surface area contributed by atoms with Crippen LogP contribution in [-0.4, -0.2) is 0 Å². The van der Waals surface area contributed by atoms with Crippen molar-refractivity contribution in [3.63, 3.8) is 0 Å². The minimum absolute atomic E-state index is 0.722. The summed E-state index contributed by atoms with van der Waals surface area (Å²) in [6, 6.07) is 0. The van der Waals surface area contributed by atoms with Gasteiger partial charge in [0.1, 0.15) is 0 Å². The molecule has 184 valence electrons. The van der Waals surface area contributed by atoms with Crippen LogP contribution in [0.3, 0.4) is 0 Å². The lowest BCUT2D eigenvalue weighted by atomic mass is 9.45.